The van der Waals surface area contributed by atoms with Gasteiger partial charge in [-0.2, -0.15) is 5.21 Å². The van der Waals surface area contributed by atoms with Gasteiger partial charge in [-0.1, -0.05) is 18.1 Å². The van der Waals surface area contributed by atoms with Crippen molar-refractivity contribution in [3.05, 3.63) is 5.82 Å². The fourth-order valence-corrected chi connectivity index (χ4v) is 1.88. The van der Waals surface area contributed by atoms with E-state index in [1.54, 1.807) is 0 Å². The SMILES string of the molecule is O=C(O)C1(c2nn[nH]n2)CCCC1. The van der Waals surface area contributed by atoms with E-state index < -0.39 is 11.4 Å². The summed E-state index contributed by atoms with van der Waals surface area (Å²) in [6.45, 7) is 0. The average Bonchev–Trinajstić information content (AvgIpc) is 2.75. The van der Waals surface area contributed by atoms with Gasteiger partial charge in [-0.25, -0.2) is 0 Å². The van der Waals surface area contributed by atoms with Crippen molar-refractivity contribution >= 4 is 5.97 Å². The summed E-state index contributed by atoms with van der Waals surface area (Å²) in [5.41, 5.74) is -0.882. The van der Waals surface area contributed by atoms with Crippen LogP contribution < -0.4 is 0 Å². The van der Waals surface area contributed by atoms with Gasteiger partial charge in [0.05, 0.1) is 0 Å². The summed E-state index contributed by atoms with van der Waals surface area (Å²) < 4.78 is 0. The molecule has 0 bridgehead atoms. The van der Waals surface area contributed by atoms with Gasteiger partial charge in [-0.15, -0.1) is 10.2 Å². The molecule has 1 saturated carbocycles. The average molecular weight is 182 g/mol. The number of nitrogens with zero attached hydrogens (tertiary/aromatic N) is 3. The van der Waals surface area contributed by atoms with Gasteiger partial charge in [0.25, 0.3) is 0 Å². The van der Waals surface area contributed by atoms with Crippen LogP contribution in [0.15, 0.2) is 0 Å². The van der Waals surface area contributed by atoms with E-state index >= 15 is 0 Å². The third kappa shape index (κ3) is 1.09. The summed E-state index contributed by atoms with van der Waals surface area (Å²) in [5.74, 6) is -0.524. The van der Waals surface area contributed by atoms with Crippen LogP contribution in [0.2, 0.25) is 0 Å². The molecule has 2 N–H and O–H groups in total. The van der Waals surface area contributed by atoms with Crippen molar-refractivity contribution in [3.8, 4) is 0 Å². The molecule has 0 unspecified atom stereocenters. The van der Waals surface area contributed by atoms with Crippen molar-refractivity contribution in [2.45, 2.75) is 31.1 Å². The third-order valence-electron chi connectivity index (χ3n) is 2.64. The van der Waals surface area contributed by atoms with Crippen LogP contribution in [0.4, 0.5) is 0 Å². The third-order valence-corrected chi connectivity index (χ3v) is 2.64. The summed E-state index contributed by atoms with van der Waals surface area (Å²) in [6, 6.07) is 0. The number of nitrogens with one attached hydrogen (secondary N) is 1. The normalized spacial score (nSPS) is 20.3. The van der Waals surface area contributed by atoms with Crippen molar-refractivity contribution in [2.75, 3.05) is 0 Å². The molecule has 0 saturated heterocycles. The summed E-state index contributed by atoms with van der Waals surface area (Å²) in [4.78, 5) is 11.1. The van der Waals surface area contributed by atoms with Gasteiger partial charge in [0.1, 0.15) is 5.41 Å². The zero-order valence-corrected chi connectivity index (χ0v) is 7.03. The van der Waals surface area contributed by atoms with Gasteiger partial charge in [0, 0.05) is 0 Å². The summed E-state index contributed by atoms with van der Waals surface area (Å²) in [5, 5.41) is 22.3. The molecule has 1 fully saturated rings. The highest BCUT2D eigenvalue weighted by molar-refractivity contribution is 5.80. The largest absolute Gasteiger partial charge is 0.480 e. The van der Waals surface area contributed by atoms with Crippen LogP contribution >= 0.6 is 0 Å². The Morgan fingerprint density at radius 3 is 2.62 bits per heavy atom. The first-order valence-electron chi connectivity index (χ1n) is 4.23. The van der Waals surface area contributed by atoms with E-state index in [1.807, 2.05) is 0 Å². The van der Waals surface area contributed by atoms with E-state index in [-0.39, 0.29) is 0 Å². The molecule has 0 amide bonds. The molecule has 2 rings (SSSR count). The monoisotopic (exact) mass is 182 g/mol. The molecule has 1 aliphatic rings. The molecule has 0 aromatic carbocycles. The van der Waals surface area contributed by atoms with E-state index in [0.717, 1.165) is 12.8 Å². The van der Waals surface area contributed by atoms with Gasteiger partial charge in [-0.3, -0.25) is 4.79 Å². The molecule has 0 aliphatic heterocycles. The number of rotatable bonds is 2. The molecule has 1 heterocycles. The summed E-state index contributed by atoms with van der Waals surface area (Å²) >= 11 is 0. The Kier molecular flexibility index (Phi) is 1.75. The molecular weight excluding hydrogens is 172 g/mol. The smallest absolute Gasteiger partial charge is 0.317 e. The minimum atomic E-state index is -0.882. The first kappa shape index (κ1) is 8.15. The zero-order chi connectivity index (χ0) is 9.31. The second-order valence-corrected chi connectivity index (χ2v) is 3.33. The number of hydrogen-bond donors (Lipinski definition) is 2. The lowest BCUT2D eigenvalue weighted by Gasteiger charge is -2.18. The van der Waals surface area contributed by atoms with Gasteiger partial charge >= 0.3 is 5.97 Å². The second-order valence-electron chi connectivity index (χ2n) is 3.33. The molecular formula is C7H10N4O2. The number of aromatic nitrogens is 4. The Morgan fingerprint density at radius 1 is 1.46 bits per heavy atom. The second kappa shape index (κ2) is 2.79. The number of carboxylic acid groups (broad SMARTS) is 1. The highest BCUT2D eigenvalue weighted by Crippen LogP contribution is 2.39. The molecule has 1 aromatic rings. The molecule has 0 spiro atoms. The molecule has 6 nitrogen and oxygen atoms in total. The quantitative estimate of drug-likeness (QED) is 0.676. The van der Waals surface area contributed by atoms with Crippen LogP contribution in [0, 0.1) is 0 Å². The van der Waals surface area contributed by atoms with E-state index in [9.17, 15) is 4.79 Å². The van der Waals surface area contributed by atoms with E-state index in [1.165, 1.54) is 0 Å². The van der Waals surface area contributed by atoms with Crippen molar-refractivity contribution < 1.29 is 9.90 Å². The minimum absolute atomic E-state index is 0.317. The Morgan fingerprint density at radius 2 is 2.15 bits per heavy atom. The number of tetrazole rings is 1. The highest BCUT2D eigenvalue weighted by Gasteiger charge is 2.46. The maximum Gasteiger partial charge on any atom is 0.317 e. The number of carbonyl (C=O) groups is 1. The lowest BCUT2D eigenvalue weighted by atomic mass is 9.86. The van der Waals surface area contributed by atoms with Crippen LogP contribution in [0.1, 0.15) is 31.5 Å². The maximum absolute atomic E-state index is 11.1. The van der Waals surface area contributed by atoms with Gasteiger partial charge in [0.15, 0.2) is 5.82 Å². The van der Waals surface area contributed by atoms with Gasteiger partial charge in [-0.05, 0) is 12.8 Å². The van der Waals surface area contributed by atoms with E-state index in [2.05, 4.69) is 20.6 Å². The van der Waals surface area contributed by atoms with Crippen LogP contribution in [0.25, 0.3) is 0 Å². The number of aromatic amines is 1. The van der Waals surface area contributed by atoms with Crippen LogP contribution in [-0.4, -0.2) is 31.7 Å². The molecule has 70 valence electrons. The van der Waals surface area contributed by atoms with E-state index in [4.69, 9.17) is 5.11 Å². The van der Waals surface area contributed by atoms with Crippen molar-refractivity contribution in [1.82, 2.24) is 20.6 Å². The van der Waals surface area contributed by atoms with Crippen molar-refractivity contribution in [2.24, 2.45) is 0 Å². The fraction of sp³-hybridized carbons (Fsp3) is 0.714. The lowest BCUT2D eigenvalue weighted by Crippen LogP contribution is -2.33. The van der Waals surface area contributed by atoms with Crippen LogP contribution in [0.5, 0.6) is 0 Å². The van der Waals surface area contributed by atoms with Crippen molar-refractivity contribution in [3.63, 3.8) is 0 Å². The van der Waals surface area contributed by atoms with Crippen LogP contribution in [0.3, 0.4) is 0 Å². The summed E-state index contributed by atoms with van der Waals surface area (Å²) in [6.07, 6.45) is 3.06. The maximum atomic E-state index is 11.1. The molecule has 1 aromatic heterocycles. The Labute approximate surface area is 74.3 Å². The predicted octanol–water partition coefficient (Wildman–Crippen LogP) is 0.0961. The molecule has 0 atom stereocenters. The van der Waals surface area contributed by atoms with Crippen molar-refractivity contribution in [1.29, 1.82) is 0 Å². The number of aliphatic carboxylic acids is 1. The first-order valence-corrected chi connectivity index (χ1v) is 4.23. The molecule has 1 aliphatic carbocycles. The number of hydrogen-bond acceptors (Lipinski definition) is 4. The number of H-pyrrole nitrogens is 1. The topological polar surface area (TPSA) is 91.8 Å². The summed E-state index contributed by atoms with van der Waals surface area (Å²) in [7, 11) is 0. The lowest BCUT2D eigenvalue weighted by molar-refractivity contribution is -0.144. The molecule has 0 radical (unpaired) electrons. The van der Waals surface area contributed by atoms with E-state index in [0.29, 0.717) is 18.7 Å². The van der Waals surface area contributed by atoms with Crippen LogP contribution in [-0.2, 0) is 10.2 Å². The predicted molar refractivity (Wildman–Crippen MR) is 42.0 cm³/mol. The Hall–Kier alpha value is -1.46. The van der Waals surface area contributed by atoms with Gasteiger partial charge in [0.2, 0.25) is 0 Å². The highest BCUT2D eigenvalue weighted by atomic mass is 16.4. The molecule has 13 heavy (non-hydrogen) atoms. The standard InChI is InChI=1S/C7H10N4O2/c12-6(13)7(3-1-2-4-7)5-8-10-11-9-5/h1-4H2,(H,12,13)(H,8,9,10,11). The number of carboxylic acids is 1. The zero-order valence-electron chi connectivity index (χ0n) is 7.03. The Bertz CT molecular complexity index is 302. The minimum Gasteiger partial charge on any atom is -0.480 e. The Balaban J connectivity index is 2.39. The fourth-order valence-electron chi connectivity index (χ4n) is 1.88. The first-order chi connectivity index (χ1) is 6.26. The van der Waals surface area contributed by atoms with Gasteiger partial charge < -0.3 is 5.11 Å². The molecule has 6 heteroatoms.